The average Bonchev–Trinajstić information content (AvgIpc) is 3.26. The van der Waals surface area contributed by atoms with Crippen LogP contribution in [0.1, 0.15) is 5.56 Å². The number of hydrogen-bond donors (Lipinski definition) is 0. The van der Waals surface area contributed by atoms with Crippen molar-refractivity contribution in [2.75, 3.05) is 25.6 Å². The topological polar surface area (TPSA) is 113 Å². The molecule has 0 spiro atoms. The van der Waals surface area contributed by atoms with Gasteiger partial charge in [0.05, 0.1) is 43.4 Å². The summed E-state index contributed by atoms with van der Waals surface area (Å²) in [6.45, 7) is -0.140. The van der Waals surface area contributed by atoms with E-state index in [0.29, 0.717) is 11.3 Å². The molecule has 0 atom stereocenters. The smallest absolute Gasteiger partial charge is 0.269 e. The number of nitro benzene ring substituents is 1. The fourth-order valence-corrected chi connectivity index (χ4v) is 5.48. The molecule has 10 nitrogen and oxygen atoms in total. The van der Waals surface area contributed by atoms with E-state index in [4.69, 9.17) is 14.2 Å². The Balaban J connectivity index is 1.89. The minimum Gasteiger partial charge on any atom is -0.493 e. The second kappa shape index (κ2) is 9.78. The molecule has 0 N–H and O–H groups in total. The third-order valence-corrected chi connectivity index (χ3v) is 7.58. The molecule has 0 saturated heterocycles. The van der Waals surface area contributed by atoms with Crippen LogP contribution in [0.2, 0.25) is 0 Å². The number of methoxy groups -OCH3 is 3. The summed E-state index contributed by atoms with van der Waals surface area (Å²) in [5.41, 5.74) is 1.65. The molecule has 188 valence electrons. The van der Waals surface area contributed by atoms with Crippen molar-refractivity contribution in [1.29, 1.82) is 0 Å². The lowest BCUT2D eigenvalue weighted by Crippen LogP contribution is -2.30. The van der Waals surface area contributed by atoms with E-state index in [2.05, 4.69) is 0 Å². The molecule has 1 aromatic heterocycles. The van der Waals surface area contributed by atoms with Crippen molar-refractivity contribution in [2.45, 2.75) is 11.4 Å². The minimum atomic E-state index is -4.20. The van der Waals surface area contributed by atoms with Gasteiger partial charge in [0.25, 0.3) is 15.7 Å². The molecule has 0 amide bonds. The fraction of sp³-hybridized carbons (Fsp3) is 0.200. The normalized spacial score (nSPS) is 11.3. The number of aromatic nitrogens is 1. The number of aryl methyl sites for hydroxylation is 1. The second-order valence-corrected chi connectivity index (χ2v) is 9.83. The Morgan fingerprint density at radius 2 is 1.64 bits per heavy atom. The van der Waals surface area contributed by atoms with E-state index in [1.54, 1.807) is 18.2 Å². The number of rotatable bonds is 9. The molecular formula is C25H25N3O7S. The maximum absolute atomic E-state index is 14.1. The van der Waals surface area contributed by atoms with Crippen LogP contribution in [0.25, 0.3) is 10.9 Å². The van der Waals surface area contributed by atoms with E-state index in [1.807, 2.05) is 29.9 Å². The largest absolute Gasteiger partial charge is 0.493 e. The summed E-state index contributed by atoms with van der Waals surface area (Å²) in [5.74, 6) is 0.628. The van der Waals surface area contributed by atoms with Crippen molar-refractivity contribution in [3.63, 3.8) is 0 Å². The molecule has 0 aliphatic heterocycles. The van der Waals surface area contributed by atoms with Crippen molar-refractivity contribution in [2.24, 2.45) is 7.05 Å². The van der Waals surface area contributed by atoms with Crippen LogP contribution in [0, 0.1) is 10.1 Å². The lowest BCUT2D eigenvalue weighted by Gasteiger charge is -2.26. The number of ether oxygens (including phenoxy) is 3. The molecule has 0 radical (unpaired) electrons. The highest BCUT2D eigenvalue weighted by molar-refractivity contribution is 7.92. The van der Waals surface area contributed by atoms with Crippen molar-refractivity contribution >= 4 is 32.3 Å². The fourth-order valence-electron chi connectivity index (χ4n) is 4.01. The Bertz CT molecular complexity index is 1520. The van der Waals surface area contributed by atoms with Gasteiger partial charge in [-0.05, 0) is 29.8 Å². The van der Waals surface area contributed by atoms with Gasteiger partial charge in [0.1, 0.15) is 0 Å². The van der Waals surface area contributed by atoms with Gasteiger partial charge in [0.15, 0.2) is 11.5 Å². The zero-order valence-electron chi connectivity index (χ0n) is 20.2. The maximum atomic E-state index is 14.1. The standard InChI is InChI=1S/C25H25N3O7S/c1-26-11-10-18-13-19(8-9-22(18)26)27(16-17-6-5-7-20(12-17)28(29)30)36(31,32)21-14-23(33-2)25(35-4)24(15-21)34-3/h5-15H,16H2,1-4H3. The molecule has 36 heavy (non-hydrogen) atoms. The Kier molecular flexibility index (Phi) is 6.75. The molecule has 4 rings (SSSR count). The Morgan fingerprint density at radius 1 is 0.944 bits per heavy atom. The molecule has 0 unspecified atom stereocenters. The van der Waals surface area contributed by atoms with E-state index in [-0.39, 0.29) is 34.4 Å². The van der Waals surface area contributed by atoms with Crippen LogP contribution in [0.5, 0.6) is 17.2 Å². The van der Waals surface area contributed by atoms with Gasteiger partial charge in [-0.3, -0.25) is 14.4 Å². The summed E-state index contributed by atoms with van der Waals surface area (Å²) in [6.07, 6.45) is 1.88. The van der Waals surface area contributed by atoms with E-state index in [9.17, 15) is 18.5 Å². The van der Waals surface area contributed by atoms with Gasteiger partial charge in [-0.1, -0.05) is 12.1 Å². The maximum Gasteiger partial charge on any atom is 0.269 e. The lowest BCUT2D eigenvalue weighted by atomic mass is 10.2. The summed E-state index contributed by atoms with van der Waals surface area (Å²) < 4.78 is 47.3. The predicted molar refractivity (Wildman–Crippen MR) is 135 cm³/mol. The summed E-state index contributed by atoms with van der Waals surface area (Å²) in [7, 11) is 1.93. The number of nitro groups is 1. The Labute approximate surface area is 208 Å². The molecule has 3 aromatic carbocycles. The summed E-state index contributed by atoms with van der Waals surface area (Å²) in [6, 6.07) is 15.8. The van der Waals surface area contributed by atoms with Gasteiger partial charge in [-0.15, -0.1) is 0 Å². The Morgan fingerprint density at radius 3 is 2.25 bits per heavy atom. The highest BCUT2D eigenvalue weighted by Gasteiger charge is 2.29. The van der Waals surface area contributed by atoms with Crippen molar-refractivity contribution in [1.82, 2.24) is 4.57 Å². The third kappa shape index (κ3) is 4.52. The number of nitrogens with zero attached hydrogens (tertiary/aromatic N) is 3. The average molecular weight is 512 g/mol. The van der Waals surface area contributed by atoms with E-state index >= 15 is 0 Å². The lowest BCUT2D eigenvalue weighted by molar-refractivity contribution is -0.384. The molecule has 0 aliphatic carbocycles. The quantitative estimate of drug-likeness (QED) is 0.240. The number of sulfonamides is 1. The van der Waals surface area contributed by atoms with Crippen LogP contribution in [0.15, 0.2) is 71.8 Å². The van der Waals surface area contributed by atoms with Gasteiger partial charge in [-0.2, -0.15) is 0 Å². The molecular weight excluding hydrogens is 486 g/mol. The summed E-state index contributed by atoms with van der Waals surface area (Å²) in [4.78, 5) is 10.7. The van der Waals surface area contributed by atoms with E-state index in [1.165, 1.54) is 56.0 Å². The SMILES string of the molecule is COc1cc(S(=O)(=O)N(Cc2cccc([N+](=O)[O-])c2)c2ccc3c(ccn3C)c2)cc(OC)c1OC. The molecule has 4 aromatic rings. The molecule has 1 heterocycles. The predicted octanol–water partition coefficient (Wildman–Crippen LogP) is 4.51. The number of anilines is 1. The zero-order chi connectivity index (χ0) is 26.0. The van der Waals surface area contributed by atoms with Crippen LogP contribution in [0.4, 0.5) is 11.4 Å². The van der Waals surface area contributed by atoms with Gasteiger partial charge in [0.2, 0.25) is 5.75 Å². The molecule has 0 fully saturated rings. The van der Waals surface area contributed by atoms with Gasteiger partial charge in [0, 0.05) is 48.4 Å². The van der Waals surface area contributed by atoms with E-state index < -0.39 is 14.9 Å². The van der Waals surface area contributed by atoms with Crippen LogP contribution < -0.4 is 18.5 Å². The third-order valence-electron chi connectivity index (χ3n) is 5.83. The second-order valence-electron chi connectivity index (χ2n) is 7.97. The number of fused-ring (bicyclic) bond motifs is 1. The van der Waals surface area contributed by atoms with Crippen molar-refractivity contribution in [3.05, 3.63) is 82.5 Å². The number of benzene rings is 3. The van der Waals surface area contributed by atoms with Crippen molar-refractivity contribution < 1.29 is 27.6 Å². The zero-order valence-corrected chi connectivity index (χ0v) is 21.0. The molecule has 0 bridgehead atoms. The van der Waals surface area contributed by atoms with E-state index in [0.717, 1.165) is 10.9 Å². The van der Waals surface area contributed by atoms with Crippen LogP contribution in [-0.2, 0) is 23.6 Å². The number of non-ortho nitro benzene ring substituents is 1. The van der Waals surface area contributed by atoms with Crippen molar-refractivity contribution in [3.8, 4) is 17.2 Å². The van der Waals surface area contributed by atoms with Gasteiger partial charge >= 0.3 is 0 Å². The first-order valence-corrected chi connectivity index (χ1v) is 12.2. The van der Waals surface area contributed by atoms with Crippen LogP contribution in [-0.4, -0.2) is 39.2 Å². The summed E-state index contributed by atoms with van der Waals surface area (Å²) in [5, 5.41) is 12.2. The highest BCUT2D eigenvalue weighted by atomic mass is 32.2. The monoisotopic (exact) mass is 511 g/mol. The first-order chi connectivity index (χ1) is 17.2. The van der Waals surface area contributed by atoms with Crippen LogP contribution in [0.3, 0.4) is 0 Å². The highest BCUT2D eigenvalue weighted by Crippen LogP contribution is 2.41. The molecule has 11 heteroatoms. The first kappa shape index (κ1) is 24.9. The first-order valence-electron chi connectivity index (χ1n) is 10.8. The van der Waals surface area contributed by atoms with Gasteiger partial charge in [-0.25, -0.2) is 8.42 Å². The molecule has 0 saturated carbocycles. The van der Waals surface area contributed by atoms with Crippen LogP contribution >= 0.6 is 0 Å². The number of hydrogen-bond acceptors (Lipinski definition) is 7. The Hall–Kier alpha value is -4.25. The summed E-state index contributed by atoms with van der Waals surface area (Å²) >= 11 is 0. The van der Waals surface area contributed by atoms with Gasteiger partial charge < -0.3 is 18.8 Å². The molecule has 0 aliphatic rings. The minimum absolute atomic E-state index is 0.0874.